The highest BCUT2D eigenvalue weighted by Crippen LogP contribution is 2.17. The van der Waals surface area contributed by atoms with Crippen LogP contribution >= 0.6 is 0 Å². The summed E-state index contributed by atoms with van der Waals surface area (Å²) in [6, 6.07) is 6.91. The largest absolute Gasteiger partial charge is 0.459 e. The summed E-state index contributed by atoms with van der Waals surface area (Å²) in [5, 5.41) is 20.1. The third kappa shape index (κ3) is 4.06. The molecule has 2 aromatic heterocycles. The lowest BCUT2D eigenvalue weighted by Gasteiger charge is -2.08. The molecule has 0 unspecified atom stereocenters. The molecule has 3 rings (SSSR count). The van der Waals surface area contributed by atoms with Gasteiger partial charge in [-0.25, -0.2) is 4.79 Å². The van der Waals surface area contributed by atoms with Crippen molar-refractivity contribution in [2.24, 2.45) is 0 Å². The number of carbonyl (C=O) groups excluding carboxylic acids is 1. The molecule has 0 aliphatic carbocycles. The Balaban J connectivity index is 1.76. The van der Waals surface area contributed by atoms with Gasteiger partial charge in [0.1, 0.15) is 6.54 Å². The Kier molecular flexibility index (Phi) is 4.82. The number of ether oxygens (including phenoxy) is 1. The first-order valence-electron chi connectivity index (χ1n) is 7.95. The maximum atomic E-state index is 12.0. The van der Waals surface area contributed by atoms with Crippen LogP contribution in [0.1, 0.15) is 42.9 Å². The Hall–Kier alpha value is -3.10. The number of nitrogens with zero attached hydrogens (tertiary/aromatic N) is 6. The van der Waals surface area contributed by atoms with E-state index in [2.05, 4.69) is 25.6 Å². The molecular weight excluding hydrogens is 324 g/mol. The van der Waals surface area contributed by atoms with Gasteiger partial charge in [0.2, 0.25) is 17.6 Å². The predicted octanol–water partition coefficient (Wildman–Crippen LogP) is 1.90. The minimum Gasteiger partial charge on any atom is -0.459 e. The minimum absolute atomic E-state index is 0.183. The molecule has 0 saturated heterocycles. The van der Waals surface area contributed by atoms with Crippen LogP contribution in [-0.2, 0) is 17.7 Å². The zero-order valence-electron chi connectivity index (χ0n) is 14.2. The quantitative estimate of drug-likeness (QED) is 0.625. The molecule has 0 aliphatic heterocycles. The van der Waals surface area contributed by atoms with Gasteiger partial charge in [-0.1, -0.05) is 19.1 Å². The van der Waals surface area contributed by atoms with E-state index in [0.717, 1.165) is 0 Å². The van der Waals surface area contributed by atoms with Gasteiger partial charge >= 0.3 is 5.97 Å². The van der Waals surface area contributed by atoms with E-state index in [0.29, 0.717) is 35.2 Å². The number of esters is 1. The fourth-order valence-electron chi connectivity index (χ4n) is 2.11. The lowest BCUT2D eigenvalue weighted by molar-refractivity contribution is 0.0378. The lowest BCUT2D eigenvalue weighted by atomic mass is 10.1. The molecule has 3 aromatic rings. The van der Waals surface area contributed by atoms with Gasteiger partial charge in [0, 0.05) is 12.0 Å². The summed E-state index contributed by atoms with van der Waals surface area (Å²) in [4.78, 5) is 13.4. The van der Waals surface area contributed by atoms with Crippen molar-refractivity contribution in [2.75, 3.05) is 0 Å². The SMILES string of the molecule is CCc1nnc(Cn2nnc(-c3cccc(C(=O)OC(C)C)c3)n2)o1. The van der Waals surface area contributed by atoms with Crippen molar-refractivity contribution in [3.8, 4) is 11.4 Å². The van der Waals surface area contributed by atoms with Crippen molar-refractivity contribution < 1.29 is 13.9 Å². The van der Waals surface area contributed by atoms with E-state index in [1.807, 2.05) is 6.92 Å². The summed E-state index contributed by atoms with van der Waals surface area (Å²) in [7, 11) is 0. The molecule has 25 heavy (non-hydrogen) atoms. The summed E-state index contributed by atoms with van der Waals surface area (Å²) in [6.45, 7) is 5.77. The van der Waals surface area contributed by atoms with Crippen molar-refractivity contribution in [2.45, 2.75) is 39.8 Å². The van der Waals surface area contributed by atoms with Gasteiger partial charge in [-0.3, -0.25) is 0 Å². The summed E-state index contributed by atoms with van der Waals surface area (Å²) in [5.74, 6) is 0.985. The zero-order chi connectivity index (χ0) is 17.8. The second-order valence-corrected chi connectivity index (χ2v) is 5.62. The van der Waals surface area contributed by atoms with Gasteiger partial charge in [0.05, 0.1) is 11.7 Å². The number of benzene rings is 1. The van der Waals surface area contributed by atoms with E-state index in [4.69, 9.17) is 9.15 Å². The van der Waals surface area contributed by atoms with Gasteiger partial charge in [0.15, 0.2) is 0 Å². The van der Waals surface area contributed by atoms with Gasteiger partial charge < -0.3 is 9.15 Å². The molecule has 2 heterocycles. The summed E-state index contributed by atoms with van der Waals surface area (Å²) < 4.78 is 10.6. The van der Waals surface area contributed by atoms with Gasteiger partial charge in [0.25, 0.3) is 0 Å². The third-order valence-corrected chi connectivity index (χ3v) is 3.24. The predicted molar refractivity (Wildman–Crippen MR) is 86.6 cm³/mol. The molecule has 0 spiro atoms. The van der Waals surface area contributed by atoms with Crippen LogP contribution in [0.5, 0.6) is 0 Å². The Labute approximate surface area is 144 Å². The van der Waals surface area contributed by atoms with Crippen molar-refractivity contribution in [3.63, 3.8) is 0 Å². The molecule has 130 valence electrons. The molecule has 0 amide bonds. The average Bonchev–Trinajstić information content (AvgIpc) is 3.24. The summed E-state index contributed by atoms with van der Waals surface area (Å²) >= 11 is 0. The Morgan fingerprint density at radius 1 is 1.24 bits per heavy atom. The molecule has 0 atom stereocenters. The van der Waals surface area contributed by atoms with E-state index in [1.54, 1.807) is 38.1 Å². The smallest absolute Gasteiger partial charge is 0.338 e. The first kappa shape index (κ1) is 16.7. The van der Waals surface area contributed by atoms with Crippen LogP contribution in [-0.4, -0.2) is 42.5 Å². The maximum Gasteiger partial charge on any atom is 0.338 e. The van der Waals surface area contributed by atoms with E-state index in [1.165, 1.54) is 4.80 Å². The van der Waals surface area contributed by atoms with Crippen molar-refractivity contribution in [3.05, 3.63) is 41.6 Å². The third-order valence-electron chi connectivity index (χ3n) is 3.24. The fraction of sp³-hybridized carbons (Fsp3) is 0.375. The summed E-state index contributed by atoms with van der Waals surface area (Å²) in [6.07, 6.45) is 0.486. The maximum absolute atomic E-state index is 12.0. The molecule has 0 saturated carbocycles. The van der Waals surface area contributed by atoms with Crippen LogP contribution in [0.15, 0.2) is 28.7 Å². The number of rotatable bonds is 6. The molecule has 9 heteroatoms. The molecule has 9 nitrogen and oxygen atoms in total. The average molecular weight is 342 g/mol. The number of aryl methyl sites for hydroxylation is 1. The number of aromatic nitrogens is 6. The van der Waals surface area contributed by atoms with Crippen molar-refractivity contribution in [1.82, 2.24) is 30.4 Å². The van der Waals surface area contributed by atoms with Crippen LogP contribution in [0, 0.1) is 0 Å². The number of carbonyl (C=O) groups is 1. The number of tetrazole rings is 1. The van der Waals surface area contributed by atoms with Crippen LogP contribution in [0.4, 0.5) is 0 Å². The molecule has 0 aliphatic rings. The van der Waals surface area contributed by atoms with E-state index in [9.17, 15) is 4.79 Å². The minimum atomic E-state index is -0.387. The van der Waals surface area contributed by atoms with Gasteiger partial charge in [-0.2, -0.15) is 4.80 Å². The number of hydrogen-bond acceptors (Lipinski definition) is 8. The molecule has 0 bridgehead atoms. The highest BCUT2D eigenvalue weighted by molar-refractivity contribution is 5.90. The molecule has 0 fully saturated rings. The Morgan fingerprint density at radius 2 is 2.04 bits per heavy atom. The van der Waals surface area contributed by atoms with E-state index >= 15 is 0 Å². The molecule has 0 N–H and O–H groups in total. The van der Waals surface area contributed by atoms with Crippen molar-refractivity contribution >= 4 is 5.97 Å². The van der Waals surface area contributed by atoms with Crippen molar-refractivity contribution in [1.29, 1.82) is 0 Å². The Bertz CT molecular complexity index is 870. The topological polar surface area (TPSA) is 109 Å². The molecular formula is C16H18N6O3. The van der Waals surface area contributed by atoms with E-state index < -0.39 is 0 Å². The highest BCUT2D eigenvalue weighted by Gasteiger charge is 2.13. The van der Waals surface area contributed by atoms with Crippen LogP contribution in [0.3, 0.4) is 0 Å². The standard InChI is InChI=1S/C16H18N6O3/c1-4-13-17-18-14(25-13)9-22-20-15(19-21-22)11-6-5-7-12(8-11)16(23)24-10(2)3/h5-8,10H,4,9H2,1-3H3. The molecule has 1 aromatic carbocycles. The van der Waals surface area contributed by atoms with Gasteiger partial charge in [-0.15, -0.1) is 20.4 Å². The Morgan fingerprint density at radius 3 is 2.76 bits per heavy atom. The van der Waals surface area contributed by atoms with E-state index in [-0.39, 0.29) is 18.6 Å². The zero-order valence-corrected chi connectivity index (χ0v) is 14.2. The normalized spacial score (nSPS) is 11.0. The highest BCUT2D eigenvalue weighted by atomic mass is 16.5. The van der Waals surface area contributed by atoms with Gasteiger partial charge in [-0.05, 0) is 31.2 Å². The van der Waals surface area contributed by atoms with Crippen LogP contribution in [0.2, 0.25) is 0 Å². The first-order chi connectivity index (χ1) is 12.0. The summed E-state index contributed by atoms with van der Waals surface area (Å²) in [5.41, 5.74) is 1.11. The number of hydrogen-bond donors (Lipinski definition) is 0. The van der Waals surface area contributed by atoms with Crippen LogP contribution < -0.4 is 0 Å². The second-order valence-electron chi connectivity index (χ2n) is 5.62. The molecule has 0 radical (unpaired) electrons. The lowest BCUT2D eigenvalue weighted by Crippen LogP contribution is -2.11. The van der Waals surface area contributed by atoms with Crippen LogP contribution in [0.25, 0.3) is 11.4 Å². The monoisotopic (exact) mass is 342 g/mol. The second kappa shape index (κ2) is 7.20. The fourth-order valence-corrected chi connectivity index (χ4v) is 2.11. The first-order valence-corrected chi connectivity index (χ1v) is 7.95.